The van der Waals surface area contributed by atoms with Gasteiger partial charge >= 0.3 is 0 Å². The van der Waals surface area contributed by atoms with E-state index in [1.54, 1.807) is 36.3 Å². The molecule has 0 unspecified atom stereocenters. The van der Waals surface area contributed by atoms with Gasteiger partial charge in [0.2, 0.25) is 0 Å². The minimum Gasteiger partial charge on any atom is -0.497 e. The highest BCUT2D eigenvalue weighted by molar-refractivity contribution is 5.95. The van der Waals surface area contributed by atoms with Gasteiger partial charge < -0.3 is 14.4 Å². The van der Waals surface area contributed by atoms with Crippen LogP contribution >= 0.6 is 0 Å². The Morgan fingerprint density at radius 2 is 1.59 bits per heavy atom. The highest BCUT2D eigenvalue weighted by atomic mass is 16.5. The van der Waals surface area contributed by atoms with Crippen molar-refractivity contribution in [2.75, 3.05) is 18.6 Å². The molecule has 0 spiro atoms. The molecule has 148 valence electrons. The Bertz CT molecular complexity index is 968. The van der Waals surface area contributed by atoms with E-state index in [4.69, 9.17) is 9.47 Å². The number of nitrogens with zero attached hydrogens (tertiary/aromatic N) is 1. The van der Waals surface area contributed by atoms with Gasteiger partial charge in [0.25, 0.3) is 5.91 Å². The third-order valence-corrected chi connectivity index (χ3v) is 4.47. The molecule has 0 aliphatic carbocycles. The summed E-state index contributed by atoms with van der Waals surface area (Å²) in [4.78, 5) is 26.2. The van der Waals surface area contributed by atoms with Crippen LogP contribution in [0.1, 0.15) is 22.8 Å². The lowest BCUT2D eigenvalue weighted by Crippen LogP contribution is -2.34. The standard InChI is InChI=1S/C24H23NO4/c1-18(26)20-9-6-10-23(15-20)29-17-24(27)25(16-19-7-4-3-5-8-19)21-11-13-22(28-2)14-12-21/h3-15H,16-17H2,1-2H3. The van der Waals surface area contributed by atoms with E-state index in [2.05, 4.69) is 0 Å². The van der Waals surface area contributed by atoms with Gasteiger partial charge in [0, 0.05) is 11.3 Å². The predicted octanol–water partition coefficient (Wildman–Crippen LogP) is 4.51. The van der Waals surface area contributed by atoms with E-state index >= 15 is 0 Å². The maximum absolute atomic E-state index is 13.0. The third-order valence-electron chi connectivity index (χ3n) is 4.47. The van der Waals surface area contributed by atoms with Gasteiger partial charge in [0.15, 0.2) is 12.4 Å². The van der Waals surface area contributed by atoms with Crippen molar-refractivity contribution in [2.24, 2.45) is 0 Å². The molecule has 0 saturated heterocycles. The van der Waals surface area contributed by atoms with Crippen LogP contribution in [-0.4, -0.2) is 25.4 Å². The maximum atomic E-state index is 13.0. The Morgan fingerprint density at radius 3 is 2.24 bits per heavy atom. The van der Waals surface area contributed by atoms with E-state index in [1.807, 2.05) is 54.6 Å². The maximum Gasteiger partial charge on any atom is 0.265 e. The summed E-state index contributed by atoms with van der Waals surface area (Å²) in [6, 6.07) is 23.9. The Labute approximate surface area is 170 Å². The first-order valence-electron chi connectivity index (χ1n) is 9.29. The summed E-state index contributed by atoms with van der Waals surface area (Å²) in [6.07, 6.45) is 0. The van der Waals surface area contributed by atoms with E-state index in [0.717, 1.165) is 17.0 Å². The van der Waals surface area contributed by atoms with Crippen molar-refractivity contribution in [1.29, 1.82) is 0 Å². The van der Waals surface area contributed by atoms with Crippen molar-refractivity contribution >= 4 is 17.4 Å². The number of amides is 1. The first-order valence-corrected chi connectivity index (χ1v) is 9.29. The molecule has 0 bridgehead atoms. The zero-order valence-electron chi connectivity index (χ0n) is 16.5. The summed E-state index contributed by atoms with van der Waals surface area (Å²) in [6.45, 7) is 1.78. The Balaban J connectivity index is 1.78. The van der Waals surface area contributed by atoms with Crippen LogP contribution in [0.3, 0.4) is 0 Å². The van der Waals surface area contributed by atoms with Crippen molar-refractivity contribution in [3.63, 3.8) is 0 Å². The molecule has 0 N–H and O–H groups in total. The van der Waals surface area contributed by atoms with Crippen LogP contribution in [0.4, 0.5) is 5.69 Å². The fourth-order valence-electron chi connectivity index (χ4n) is 2.88. The number of ether oxygens (including phenoxy) is 2. The van der Waals surface area contributed by atoms with Gasteiger partial charge in [-0.15, -0.1) is 0 Å². The first-order chi connectivity index (χ1) is 14.1. The largest absolute Gasteiger partial charge is 0.497 e. The molecule has 5 nitrogen and oxygen atoms in total. The van der Waals surface area contributed by atoms with Crippen LogP contribution in [0.5, 0.6) is 11.5 Å². The summed E-state index contributed by atoms with van der Waals surface area (Å²) in [5.41, 5.74) is 2.31. The number of ketones is 1. The number of rotatable bonds is 8. The summed E-state index contributed by atoms with van der Waals surface area (Å²) >= 11 is 0. The molecular formula is C24H23NO4. The number of hydrogen-bond acceptors (Lipinski definition) is 4. The van der Waals surface area contributed by atoms with Gasteiger partial charge in [-0.3, -0.25) is 9.59 Å². The molecule has 3 rings (SSSR count). The van der Waals surface area contributed by atoms with Crippen molar-refractivity contribution < 1.29 is 19.1 Å². The van der Waals surface area contributed by atoms with E-state index in [1.165, 1.54) is 6.92 Å². The van der Waals surface area contributed by atoms with Crippen molar-refractivity contribution in [1.82, 2.24) is 0 Å². The van der Waals surface area contributed by atoms with Gasteiger partial charge in [0.05, 0.1) is 13.7 Å². The van der Waals surface area contributed by atoms with Crippen LogP contribution < -0.4 is 14.4 Å². The summed E-state index contributed by atoms with van der Waals surface area (Å²) in [5.74, 6) is 0.969. The zero-order chi connectivity index (χ0) is 20.6. The van der Waals surface area contributed by atoms with E-state index in [9.17, 15) is 9.59 Å². The fourth-order valence-corrected chi connectivity index (χ4v) is 2.88. The molecule has 0 saturated carbocycles. The highest BCUT2D eigenvalue weighted by Gasteiger charge is 2.17. The van der Waals surface area contributed by atoms with Crippen molar-refractivity contribution in [2.45, 2.75) is 13.5 Å². The third kappa shape index (κ3) is 5.45. The molecule has 3 aromatic rings. The molecule has 3 aromatic carbocycles. The summed E-state index contributed by atoms with van der Waals surface area (Å²) in [5, 5.41) is 0. The molecule has 5 heteroatoms. The minimum atomic E-state index is -0.188. The Hall–Kier alpha value is -3.60. The fraction of sp³-hybridized carbons (Fsp3) is 0.167. The van der Waals surface area contributed by atoms with Gasteiger partial charge in [-0.05, 0) is 48.9 Å². The van der Waals surface area contributed by atoms with Gasteiger partial charge in [-0.2, -0.15) is 0 Å². The monoisotopic (exact) mass is 389 g/mol. The quantitative estimate of drug-likeness (QED) is 0.532. The molecule has 0 heterocycles. The van der Waals surface area contributed by atoms with Crippen molar-refractivity contribution in [3.8, 4) is 11.5 Å². The highest BCUT2D eigenvalue weighted by Crippen LogP contribution is 2.22. The second-order valence-electron chi connectivity index (χ2n) is 6.54. The van der Waals surface area contributed by atoms with Crippen LogP contribution in [0.2, 0.25) is 0 Å². The molecule has 0 radical (unpaired) electrons. The first kappa shape index (κ1) is 20.1. The lowest BCUT2D eigenvalue weighted by atomic mass is 10.1. The number of anilines is 1. The van der Waals surface area contributed by atoms with Crippen LogP contribution in [0.15, 0.2) is 78.9 Å². The molecule has 0 aliphatic heterocycles. The van der Waals surface area contributed by atoms with E-state index in [0.29, 0.717) is 17.9 Å². The second-order valence-corrected chi connectivity index (χ2v) is 6.54. The number of Topliss-reactive ketones (excluding diaryl/α,β-unsaturated/α-hetero) is 1. The molecule has 0 aromatic heterocycles. The number of carbonyl (C=O) groups excluding carboxylic acids is 2. The van der Waals surface area contributed by atoms with E-state index in [-0.39, 0.29) is 18.3 Å². The smallest absolute Gasteiger partial charge is 0.265 e. The summed E-state index contributed by atoms with van der Waals surface area (Å²) in [7, 11) is 1.60. The van der Waals surface area contributed by atoms with E-state index < -0.39 is 0 Å². The number of carbonyl (C=O) groups is 2. The van der Waals surface area contributed by atoms with Crippen LogP contribution in [0, 0.1) is 0 Å². The Kier molecular flexibility index (Phi) is 6.63. The Morgan fingerprint density at radius 1 is 0.862 bits per heavy atom. The zero-order valence-corrected chi connectivity index (χ0v) is 16.5. The lowest BCUT2D eigenvalue weighted by Gasteiger charge is -2.23. The van der Waals surface area contributed by atoms with Crippen LogP contribution in [0.25, 0.3) is 0 Å². The molecule has 29 heavy (non-hydrogen) atoms. The normalized spacial score (nSPS) is 10.3. The molecular weight excluding hydrogens is 366 g/mol. The minimum absolute atomic E-state index is 0.0503. The number of hydrogen-bond donors (Lipinski definition) is 0. The topological polar surface area (TPSA) is 55.8 Å². The second kappa shape index (κ2) is 9.55. The number of benzene rings is 3. The summed E-state index contributed by atoms with van der Waals surface area (Å²) < 4.78 is 10.9. The average Bonchev–Trinajstić information content (AvgIpc) is 2.77. The molecule has 0 fully saturated rings. The van der Waals surface area contributed by atoms with Crippen LogP contribution in [-0.2, 0) is 11.3 Å². The van der Waals surface area contributed by atoms with Gasteiger partial charge in [-0.1, -0.05) is 42.5 Å². The van der Waals surface area contributed by atoms with Gasteiger partial charge in [-0.25, -0.2) is 0 Å². The molecule has 1 amide bonds. The lowest BCUT2D eigenvalue weighted by molar-refractivity contribution is -0.120. The van der Waals surface area contributed by atoms with Gasteiger partial charge in [0.1, 0.15) is 11.5 Å². The SMILES string of the molecule is COc1ccc(N(Cc2ccccc2)C(=O)COc2cccc(C(C)=O)c2)cc1. The molecule has 0 atom stereocenters. The molecule has 0 aliphatic rings. The number of methoxy groups -OCH3 is 1. The predicted molar refractivity (Wildman–Crippen MR) is 113 cm³/mol. The van der Waals surface area contributed by atoms with Crippen molar-refractivity contribution in [3.05, 3.63) is 90.0 Å². The average molecular weight is 389 g/mol.